The second-order valence-corrected chi connectivity index (χ2v) is 7.58. The minimum absolute atomic E-state index is 0.0552. The molecule has 1 aromatic heterocycles. The molecule has 2 amide bonds. The first-order chi connectivity index (χ1) is 15.8. The maximum Gasteiger partial charge on any atom is 0.276 e. The highest BCUT2D eigenvalue weighted by Crippen LogP contribution is 2.21. The van der Waals surface area contributed by atoms with Gasteiger partial charge in [0.25, 0.3) is 17.4 Å². The van der Waals surface area contributed by atoms with Crippen LogP contribution in [-0.2, 0) is 6.54 Å². The number of nitrogens with zero attached hydrogens (tertiary/aromatic N) is 2. The molecule has 0 atom stereocenters. The third-order valence-electron chi connectivity index (χ3n) is 5.03. The maximum atomic E-state index is 14.1. The van der Waals surface area contributed by atoms with Gasteiger partial charge in [-0.05, 0) is 54.8 Å². The van der Waals surface area contributed by atoms with Gasteiger partial charge in [0.15, 0.2) is 11.6 Å². The smallest absolute Gasteiger partial charge is 0.276 e. The highest BCUT2D eigenvalue weighted by atomic mass is 19.1. The van der Waals surface area contributed by atoms with Gasteiger partial charge in [-0.25, -0.2) is 13.5 Å². The molecule has 1 aliphatic rings. The van der Waals surface area contributed by atoms with E-state index in [4.69, 9.17) is 4.74 Å². The van der Waals surface area contributed by atoms with Crippen LogP contribution in [0.2, 0.25) is 0 Å². The van der Waals surface area contributed by atoms with Gasteiger partial charge in [-0.2, -0.15) is 5.10 Å². The molecule has 1 heterocycles. The molecule has 0 saturated heterocycles. The Labute approximate surface area is 187 Å². The minimum atomic E-state index is -0.704. The molecule has 2 aromatic carbocycles. The highest BCUT2D eigenvalue weighted by Gasteiger charge is 2.25. The quantitative estimate of drug-likeness (QED) is 0.572. The Morgan fingerprint density at radius 3 is 2.55 bits per heavy atom. The molecule has 0 bridgehead atoms. The van der Waals surface area contributed by atoms with Gasteiger partial charge in [-0.3, -0.25) is 14.4 Å². The summed E-state index contributed by atoms with van der Waals surface area (Å²) in [6, 6.07) is 10.3. The van der Waals surface area contributed by atoms with Crippen molar-refractivity contribution in [1.29, 1.82) is 0 Å². The van der Waals surface area contributed by atoms with Crippen molar-refractivity contribution in [3.8, 4) is 5.75 Å². The number of rotatable bonds is 7. The number of anilines is 1. The number of ether oxygens (including phenoxy) is 1. The second kappa shape index (κ2) is 9.19. The lowest BCUT2D eigenvalue weighted by Gasteiger charge is -2.10. The average molecular weight is 454 g/mol. The Balaban J connectivity index is 1.51. The zero-order valence-corrected chi connectivity index (χ0v) is 17.6. The third-order valence-corrected chi connectivity index (χ3v) is 5.03. The number of hydrogen-bond acceptors (Lipinski definition) is 5. The van der Waals surface area contributed by atoms with E-state index in [2.05, 4.69) is 15.7 Å². The first kappa shape index (κ1) is 22.1. The lowest BCUT2D eigenvalue weighted by atomic mass is 10.1. The molecule has 1 aliphatic carbocycles. The lowest BCUT2D eigenvalue weighted by molar-refractivity contribution is 0.0945. The van der Waals surface area contributed by atoms with Crippen molar-refractivity contribution in [3.63, 3.8) is 0 Å². The van der Waals surface area contributed by atoms with Crippen LogP contribution in [0.5, 0.6) is 5.75 Å². The number of carbonyl (C=O) groups is 2. The molecule has 0 spiro atoms. The number of carbonyl (C=O) groups excluding carboxylic acids is 2. The number of nitrogens with one attached hydrogen (secondary N) is 2. The van der Waals surface area contributed by atoms with Crippen LogP contribution in [-0.4, -0.2) is 34.7 Å². The molecule has 1 fully saturated rings. The van der Waals surface area contributed by atoms with Crippen LogP contribution < -0.4 is 20.9 Å². The van der Waals surface area contributed by atoms with E-state index in [-0.39, 0.29) is 35.3 Å². The molecule has 170 valence electrons. The summed E-state index contributed by atoms with van der Waals surface area (Å²) in [5.41, 5.74) is -0.107. The number of hydrogen-bond donors (Lipinski definition) is 2. The fourth-order valence-electron chi connectivity index (χ4n) is 3.13. The van der Waals surface area contributed by atoms with Gasteiger partial charge in [0.05, 0.1) is 19.2 Å². The molecular weight excluding hydrogens is 434 g/mol. The Morgan fingerprint density at radius 1 is 1.06 bits per heavy atom. The van der Waals surface area contributed by atoms with Crippen molar-refractivity contribution in [2.75, 3.05) is 12.4 Å². The zero-order chi connectivity index (χ0) is 23.5. The number of amides is 2. The van der Waals surface area contributed by atoms with Crippen LogP contribution in [0.1, 0.15) is 39.3 Å². The van der Waals surface area contributed by atoms with Crippen molar-refractivity contribution < 1.29 is 23.1 Å². The molecule has 8 nitrogen and oxygen atoms in total. The predicted molar refractivity (Wildman–Crippen MR) is 115 cm³/mol. The van der Waals surface area contributed by atoms with Gasteiger partial charge >= 0.3 is 0 Å². The lowest BCUT2D eigenvalue weighted by Crippen LogP contribution is -2.27. The van der Waals surface area contributed by atoms with E-state index >= 15 is 0 Å². The van der Waals surface area contributed by atoms with E-state index in [1.165, 1.54) is 43.5 Å². The zero-order valence-electron chi connectivity index (χ0n) is 17.6. The topological polar surface area (TPSA) is 102 Å². The van der Waals surface area contributed by atoms with Crippen molar-refractivity contribution >= 4 is 17.5 Å². The second-order valence-electron chi connectivity index (χ2n) is 7.58. The normalized spacial score (nSPS) is 12.8. The third kappa shape index (κ3) is 5.22. The highest BCUT2D eigenvalue weighted by molar-refractivity contribution is 6.03. The van der Waals surface area contributed by atoms with Gasteiger partial charge in [-0.15, -0.1) is 0 Å². The standard InChI is InChI=1S/C23H20F2N4O4/c1-33-20-8-2-13(10-18(20)25)12-29-21(30)9-7-19(28-29)23(32)27-15-5-6-17(24)16(11-15)22(31)26-14-3-4-14/h2,5-11,14H,3-4,12H2,1H3,(H,26,31)(H,27,32). The van der Waals surface area contributed by atoms with E-state index in [0.29, 0.717) is 5.56 Å². The summed E-state index contributed by atoms with van der Waals surface area (Å²) < 4.78 is 33.9. The molecular formula is C23H20F2N4O4. The summed E-state index contributed by atoms with van der Waals surface area (Å²) in [6.07, 6.45) is 1.71. The van der Waals surface area contributed by atoms with E-state index < -0.39 is 29.0 Å². The van der Waals surface area contributed by atoms with Gasteiger partial charge in [-0.1, -0.05) is 6.07 Å². The molecule has 0 radical (unpaired) electrons. The average Bonchev–Trinajstić information content (AvgIpc) is 3.60. The van der Waals surface area contributed by atoms with Crippen molar-refractivity contribution in [2.45, 2.75) is 25.4 Å². The maximum absolute atomic E-state index is 14.1. The van der Waals surface area contributed by atoms with E-state index in [1.54, 1.807) is 6.07 Å². The first-order valence-electron chi connectivity index (χ1n) is 10.2. The number of halogens is 2. The molecule has 10 heteroatoms. The van der Waals surface area contributed by atoms with E-state index in [1.807, 2.05) is 0 Å². The largest absolute Gasteiger partial charge is 0.494 e. The van der Waals surface area contributed by atoms with Crippen LogP contribution in [0.4, 0.5) is 14.5 Å². The fourth-order valence-corrected chi connectivity index (χ4v) is 3.13. The number of methoxy groups -OCH3 is 1. The van der Waals surface area contributed by atoms with Crippen LogP contribution in [0, 0.1) is 11.6 Å². The summed E-state index contributed by atoms with van der Waals surface area (Å²) >= 11 is 0. The number of benzene rings is 2. The molecule has 0 unspecified atom stereocenters. The Hall–Kier alpha value is -4.08. The van der Waals surface area contributed by atoms with Crippen LogP contribution >= 0.6 is 0 Å². The van der Waals surface area contributed by atoms with Crippen molar-refractivity contribution in [3.05, 3.63) is 87.3 Å². The SMILES string of the molecule is COc1ccc(Cn2nc(C(=O)Nc3ccc(F)c(C(=O)NC4CC4)c3)ccc2=O)cc1F. The van der Waals surface area contributed by atoms with Gasteiger partial charge in [0.2, 0.25) is 0 Å². The Bertz CT molecular complexity index is 1290. The van der Waals surface area contributed by atoms with Crippen LogP contribution in [0.15, 0.2) is 53.3 Å². The molecule has 0 aliphatic heterocycles. The van der Waals surface area contributed by atoms with Gasteiger partial charge < -0.3 is 15.4 Å². The Kier molecular flexibility index (Phi) is 6.16. The summed E-state index contributed by atoms with van der Waals surface area (Å²) in [5, 5.41) is 9.28. The van der Waals surface area contributed by atoms with Crippen molar-refractivity contribution in [1.82, 2.24) is 15.1 Å². The van der Waals surface area contributed by atoms with Crippen molar-refractivity contribution in [2.24, 2.45) is 0 Å². The molecule has 3 aromatic rings. The van der Waals surface area contributed by atoms with Crippen LogP contribution in [0.25, 0.3) is 0 Å². The summed E-state index contributed by atoms with van der Waals surface area (Å²) in [4.78, 5) is 37.0. The summed E-state index contributed by atoms with van der Waals surface area (Å²) in [5.74, 6) is -2.44. The predicted octanol–water partition coefficient (Wildman–Crippen LogP) is 2.72. The van der Waals surface area contributed by atoms with Gasteiger partial charge in [0.1, 0.15) is 11.5 Å². The number of aromatic nitrogens is 2. The molecule has 33 heavy (non-hydrogen) atoms. The van der Waals surface area contributed by atoms with Gasteiger partial charge in [0, 0.05) is 17.8 Å². The van der Waals surface area contributed by atoms with E-state index in [9.17, 15) is 23.2 Å². The minimum Gasteiger partial charge on any atom is -0.494 e. The van der Waals surface area contributed by atoms with Crippen LogP contribution in [0.3, 0.4) is 0 Å². The van der Waals surface area contributed by atoms with E-state index in [0.717, 1.165) is 23.6 Å². The Morgan fingerprint density at radius 2 is 1.85 bits per heavy atom. The molecule has 1 saturated carbocycles. The summed E-state index contributed by atoms with van der Waals surface area (Å²) in [7, 11) is 1.34. The molecule has 2 N–H and O–H groups in total. The first-order valence-corrected chi connectivity index (χ1v) is 10.2. The molecule has 4 rings (SSSR count). The monoisotopic (exact) mass is 454 g/mol. The fraction of sp³-hybridized carbons (Fsp3) is 0.217. The summed E-state index contributed by atoms with van der Waals surface area (Å²) in [6.45, 7) is -0.0666.